The molecular formula is C43H51N3O8. The van der Waals surface area contributed by atoms with Crippen molar-refractivity contribution in [1.82, 2.24) is 10.2 Å². The molecule has 11 heteroatoms. The number of fused-ring (bicyclic) bond motifs is 2. The van der Waals surface area contributed by atoms with Gasteiger partial charge in [0.1, 0.15) is 17.7 Å². The summed E-state index contributed by atoms with van der Waals surface area (Å²) in [5.74, 6) is -3.40. The van der Waals surface area contributed by atoms with Crippen molar-refractivity contribution >= 4 is 40.2 Å². The quantitative estimate of drug-likeness (QED) is 0.0965. The number of hydrogen-bond acceptors (Lipinski definition) is 8. The van der Waals surface area contributed by atoms with Gasteiger partial charge in [0, 0.05) is 38.9 Å². The van der Waals surface area contributed by atoms with Crippen molar-refractivity contribution in [3.05, 3.63) is 104 Å². The Balaban J connectivity index is 1.34. The molecule has 1 spiro atoms. The van der Waals surface area contributed by atoms with Gasteiger partial charge in [0.2, 0.25) is 11.8 Å². The van der Waals surface area contributed by atoms with Gasteiger partial charge in [-0.2, -0.15) is 0 Å². The Morgan fingerprint density at radius 3 is 2.52 bits per heavy atom. The van der Waals surface area contributed by atoms with E-state index in [0.717, 1.165) is 10.8 Å². The predicted octanol–water partition coefficient (Wildman–Crippen LogP) is 5.28. The average molecular weight is 738 g/mol. The maximum Gasteiger partial charge on any atom is 0.313 e. The minimum atomic E-state index is -1.25. The van der Waals surface area contributed by atoms with Crippen LogP contribution in [0.15, 0.2) is 98.1 Å². The Labute approximate surface area is 316 Å². The van der Waals surface area contributed by atoms with Crippen molar-refractivity contribution < 1.29 is 38.5 Å². The number of methoxy groups -OCH3 is 1. The second-order valence-corrected chi connectivity index (χ2v) is 14.4. The number of unbranched alkanes of at least 4 members (excludes halogenated alkanes) is 2. The van der Waals surface area contributed by atoms with Crippen LogP contribution in [0.3, 0.4) is 0 Å². The summed E-state index contributed by atoms with van der Waals surface area (Å²) < 4.78 is 18.6. The molecular weight excluding hydrogens is 686 g/mol. The van der Waals surface area contributed by atoms with Crippen LogP contribution in [0.2, 0.25) is 0 Å². The van der Waals surface area contributed by atoms with Gasteiger partial charge in [-0.25, -0.2) is 0 Å². The number of nitrogens with zero attached hydrogens (tertiary/aromatic N) is 2. The number of anilines is 1. The first-order valence-electron chi connectivity index (χ1n) is 18.9. The Morgan fingerprint density at radius 1 is 1.04 bits per heavy atom. The fourth-order valence-electron chi connectivity index (χ4n) is 8.58. The number of nitrogens with one attached hydrogen (secondary N) is 1. The average Bonchev–Trinajstić information content (AvgIpc) is 3.83. The molecule has 3 aliphatic heterocycles. The maximum absolute atomic E-state index is 15.0. The molecule has 3 saturated heterocycles. The van der Waals surface area contributed by atoms with Crippen LogP contribution in [0, 0.1) is 11.8 Å². The highest BCUT2D eigenvalue weighted by Crippen LogP contribution is 2.59. The molecule has 0 aliphatic carbocycles. The third-order valence-corrected chi connectivity index (χ3v) is 11.0. The number of carbonyl (C=O) groups is 4. The molecule has 3 amide bonds. The van der Waals surface area contributed by atoms with E-state index in [1.807, 2.05) is 72.8 Å². The lowest BCUT2D eigenvalue weighted by atomic mass is 9.70. The normalized spacial score (nSPS) is 23.8. The van der Waals surface area contributed by atoms with E-state index in [1.165, 1.54) is 7.11 Å². The van der Waals surface area contributed by atoms with E-state index in [-0.39, 0.29) is 50.4 Å². The van der Waals surface area contributed by atoms with Gasteiger partial charge in [-0.1, -0.05) is 72.8 Å². The number of aliphatic hydroxyl groups excluding tert-OH is 1. The Hall–Kier alpha value is -4.84. The Kier molecular flexibility index (Phi) is 12.6. The van der Waals surface area contributed by atoms with Gasteiger partial charge in [-0.05, 0) is 67.0 Å². The predicted molar refractivity (Wildman–Crippen MR) is 205 cm³/mol. The lowest BCUT2D eigenvalue weighted by molar-refractivity contribution is -0.163. The van der Waals surface area contributed by atoms with E-state index in [1.54, 1.807) is 22.0 Å². The van der Waals surface area contributed by atoms with Gasteiger partial charge < -0.3 is 34.4 Å². The minimum Gasteiger partial charge on any atom is -0.455 e. The number of benzene rings is 3. The van der Waals surface area contributed by atoms with E-state index in [0.29, 0.717) is 49.8 Å². The first-order valence-corrected chi connectivity index (χ1v) is 18.9. The summed E-state index contributed by atoms with van der Waals surface area (Å²) in [5, 5.41) is 14.4. The molecule has 3 aliphatic rings. The molecule has 3 aromatic rings. The fraction of sp³-hybridized carbons (Fsp3) is 0.442. The number of aliphatic hydroxyl groups is 1. The SMILES string of the molecule is C=CCCC(=O)N[C@@H](COC)[C@@H](OC(=O)[C@@H]1[C@H]2C(=O)N(CCCCCO)[C@H](C(=O)N(CC=C)c3ccc4ccccc4c3)[C@]23CC[C@H]1O3)c1ccccc1. The highest BCUT2D eigenvalue weighted by atomic mass is 16.6. The second kappa shape index (κ2) is 17.5. The molecule has 0 radical (unpaired) electrons. The second-order valence-electron chi connectivity index (χ2n) is 14.4. The van der Waals surface area contributed by atoms with Crippen LogP contribution in [0.4, 0.5) is 5.69 Å². The molecule has 2 N–H and O–H groups in total. The molecule has 7 atom stereocenters. The zero-order valence-electron chi connectivity index (χ0n) is 30.9. The summed E-state index contributed by atoms with van der Waals surface area (Å²) in [6.07, 6.45) is 5.14. The van der Waals surface area contributed by atoms with Crippen molar-refractivity contribution in [2.24, 2.45) is 11.8 Å². The summed E-state index contributed by atoms with van der Waals surface area (Å²) in [7, 11) is 1.51. The standard InChI is InChI=1S/C43H51N3O8/c1-4-6-19-35(48)44-33(28-52-3)38(30-16-9-7-10-17-30)53-42(51)36-34-22-23-43(54-34)37(36)40(49)46(25-13-8-14-26-47)39(43)41(50)45(24-5-2)32-21-20-29-15-11-12-18-31(29)27-32/h4-5,7,9-12,15-18,20-21,27,33-34,36-39,47H,1-2,6,8,13-14,19,22-26,28H2,3H3,(H,44,48)/t33-,34+,36-,37-,38-,39+,43-/m0/s1. The van der Waals surface area contributed by atoms with Crippen LogP contribution in [-0.4, -0.2) is 90.9 Å². The van der Waals surface area contributed by atoms with Crippen molar-refractivity contribution in [1.29, 1.82) is 0 Å². The molecule has 0 saturated carbocycles. The van der Waals surface area contributed by atoms with E-state index >= 15 is 4.79 Å². The topological polar surface area (TPSA) is 135 Å². The van der Waals surface area contributed by atoms with Crippen molar-refractivity contribution in [2.75, 3.05) is 38.3 Å². The van der Waals surface area contributed by atoms with Crippen molar-refractivity contribution in [3.63, 3.8) is 0 Å². The smallest absolute Gasteiger partial charge is 0.313 e. The van der Waals surface area contributed by atoms with Gasteiger partial charge in [0.15, 0.2) is 0 Å². The molecule has 3 fully saturated rings. The largest absolute Gasteiger partial charge is 0.455 e. The van der Waals surface area contributed by atoms with Gasteiger partial charge in [-0.3, -0.25) is 19.2 Å². The summed E-state index contributed by atoms with van der Waals surface area (Å²) in [4.78, 5) is 60.4. The number of rotatable bonds is 19. The lowest BCUT2D eigenvalue weighted by Crippen LogP contribution is -2.56. The molecule has 3 aromatic carbocycles. The molecule has 54 heavy (non-hydrogen) atoms. The van der Waals surface area contributed by atoms with Crippen LogP contribution in [0.5, 0.6) is 0 Å². The van der Waals surface area contributed by atoms with Crippen LogP contribution in [0.1, 0.15) is 56.6 Å². The number of ether oxygens (including phenoxy) is 3. The van der Waals surface area contributed by atoms with E-state index in [2.05, 4.69) is 18.5 Å². The number of carbonyl (C=O) groups excluding carboxylic acids is 4. The lowest BCUT2D eigenvalue weighted by Gasteiger charge is -2.37. The number of hydrogen-bond donors (Lipinski definition) is 2. The molecule has 11 nitrogen and oxygen atoms in total. The van der Waals surface area contributed by atoms with Crippen LogP contribution < -0.4 is 10.2 Å². The van der Waals surface area contributed by atoms with Gasteiger partial charge in [0.05, 0.1) is 30.6 Å². The fourth-order valence-corrected chi connectivity index (χ4v) is 8.58. The zero-order chi connectivity index (χ0) is 38.2. The first-order chi connectivity index (χ1) is 26.3. The van der Waals surface area contributed by atoms with Gasteiger partial charge in [-0.15, -0.1) is 13.2 Å². The van der Waals surface area contributed by atoms with Gasteiger partial charge >= 0.3 is 5.97 Å². The van der Waals surface area contributed by atoms with E-state index in [9.17, 15) is 19.5 Å². The number of amides is 3. The molecule has 286 valence electrons. The molecule has 3 heterocycles. The van der Waals surface area contributed by atoms with Crippen LogP contribution in [-0.2, 0) is 33.4 Å². The molecule has 0 unspecified atom stereocenters. The highest BCUT2D eigenvalue weighted by Gasteiger charge is 2.75. The van der Waals surface area contributed by atoms with Gasteiger partial charge in [0.25, 0.3) is 5.91 Å². The number of esters is 1. The third kappa shape index (κ3) is 7.71. The number of allylic oxidation sites excluding steroid dienone is 1. The highest BCUT2D eigenvalue weighted by molar-refractivity contribution is 6.05. The zero-order valence-corrected chi connectivity index (χ0v) is 30.9. The summed E-state index contributed by atoms with van der Waals surface area (Å²) in [6.45, 7) is 8.19. The molecule has 6 rings (SSSR count). The Morgan fingerprint density at radius 2 is 1.80 bits per heavy atom. The first kappa shape index (κ1) is 38.9. The summed E-state index contributed by atoms with van der Waals surface area (Å²) >= 11 is 0. The van der Waals surface area contributed by atoms with Crippen molar-refractivity contribution in [3.8, 4) is 0 Å². The van der Waals surface area contributed by atoms with E-state index < -0.39 is 47.7 Å². The molecule has 0 aromatic heterocycles. The van der Waals surface area contributed by atoms with Crippen LogP contribution in [0.25, 0.3) is 10.8 Å². The van der Waals surface area contributed by atoms with Crippen molar-refractivity contribution in [2.45, 2.75) is 74.8 Å². The monoisotopic (exact) mass is 737 g/mol. The Bertz CT molecular complexity index is 1830. The minimum absolute atomic E-state index is 0.0258. The third-order valence-electron chi connectivity index (χ3n) is 11.0. The van der Waals surface area contributed by atoms with Crippen LogP contribution >= 0.6 is 0 Å². The summed E-state index contributed by atoms with van der Waals surface area (Å²) in [5.41, 5.74) is 0.0742. The maximum atomic E-state index is 15.0. The summed E-state index contributed by atoms with van der Waals surface area (Å²) in [6, 6.07) is 21.1. The van der Waals surface area contributed by atoms with E-state index in [4.69, 9.17) is 14.2 Å². The molecule has 2 bridgehead atoms. The number of likely N-dealkylation sites (tertiary alicyclic amines) is 1.